The molecule has 2 fully saturated rings. The van der Waals surface area contributed by atoms with E-state index in [1.807, 2.05) is 31.3 Å². The van der Waals surface area contributed by atoms with Crippen LogP contribution < -0.4 is 5.32 Å². The Balaban J connectivity index is 1.30. The lowest BCUT2D eigenvalue weighted by atomic mass is 9.82. The van der Waals surface area contributed by atoms with Crippen LogP contribution in [0, 0.1) is 11.8 Å². The maximum Gasteiger partial charge on any atom is 0.228 e. The summed E-state index contributed by atoms with van der Waals surface area (Å²) in [6.45, 7) is 2.98. The second-order valence-electron chi connectivity index (χ2n) is 7.46. The Hall–Kier alpha value is -2.08. The highest BCUT2D eigenvalue weighted by Crippen LogP contribution is 2.35. The SMILES string of the molecule is CN=C(NCCc1nc(-c2cccc(Cl)c2)no1)N1CC2CCCCC2C1. The second-order valence-corrected chi connectivity index (χ2v) is 7.89. The molecule has 6 nitrogen and oxygen atoms in total. The quantitative estimate of drug-likeness (QED) is 0.641. The predicted molar refractivity (Wildman–Crippen MR) is 107 cm³/mol. The molecule has 1 aromatic heterocycles. The topological polar surface area (TPSA) is 66.5 Å². The lowest BCUT2D eigenvalue weighted by Crippen LogP contribution is -2.41. The Kier molecular flexibility index (Phi) is 5.62. The van der Waals surface area contributed by atoms with Crippen LogP contribution in [0.2, 0.25) is 5.02 Å². The number of hydrogen-bond acceptors (Lipinski definition) is 4. The van der Waals surface area contributed by atoms with Crippen molar-refractivity contribution in [2.24, 2.45) is 16.8 Å². The van der Waals surface area contributed by atoms with Gasteiger partial charge in [-0.1, -0.05) is 41.7 Å². The molecule has 7 heteroatoms. The van der Waals surface area contributed by atoms with E-state index in [1.54, 1.807) is 0 Å². The van der Waals surface area contributed by atoms with E-state index in [2.05, 4.69) is 25.3 Å². The third-order valence-corrected chi connectivity index (χ3v) is 5.90. The van der Waals surface area contributed by atoms with Gasteiger partial charge in [-0.2, -0.15) is 4.98 Å². The molecular weight excluding hydrogens is 362 g/mol. The highest BCUT2D eigenvalue weighted by atomic mass is 35.5. The molecule has 1 aromatic carbocycles. The highest BCUT2D eigenvalue weighted by molar-refractivity contribution is 6.30. The lowest BCUT2D eigenvalue weighted by Gasteiger charge is -2.22. The first-order valence-electron chi connectivity index (χ1n) is 9.77. The number of nitrogens with one attached hydrogen (secondary N) is 1. The Morgan fingerprint density at radius 3 is 2.78 bits per heavy atom. The second kappa shape index (κ2) is 8.30. The van der Waals surface area contributed by atoms with E-state index in [0.717, 1.165) is 43.0 Å². The van der Waals surface area contributed by atoms with Gasteiger partial charge in [0, 0.05) is 43.7 Å². The molecule has 4 rings (SSSR count). The molecule has 0 radical (unpaired) electrons. The number of guanidine groups is 1. The molecule has 2 atom stereocenters. The van der Waals surface area contributed by atoms with Crippen LogP contribution in [0.4, 0.5) is 0 Å². The number of rotatable bonds is 4. The van der Waals surface area contributed by atoms with E-state index in [0.29, 0.717) is 23.2 Å². The molecule has 27 heavy (non-hydrogen) atoms. The van der Waals surface area contributed by atoms with Gasteiger partial charge in [-0.05, 0) is 36.8 Å². The predicted octanol–water partition coefficient (Wildman–Crippen LogP) is 3.63. The number of benzene rings is 1. The molecule has 2 unspecified atom stereocenters. The van der Waals surface area contributed by atoms with Crippen molar-refractivity contribution in [3.8, 4) is 11.4 Å². The van der Waals surface area contributed by atoms with Crippen LogP contribution in [-0.2, 0) is 6.42 Å². The minimum Gasteiger partial charge on any atom is -0.356 e. The zero-order chi connectivity index (χ0) is 18.6. The van der Waals surface area contributed by atoms with Gasteiger partial charge in [0.05, 0.1) is 0 Å². The normalized spacial score (nSPS) is 22.7. The third kappa shape index (κ3) is 4.26. The lowest BCUT2D eigenvalue weighted by molar-refractivity contribution is 0.299. The number of halogens is 1. The summed E-state index contributed by atoms with van der Waals surface area (Å²) in [6.07, 6.45) is 6.16. The van der Waals surface area contributed by atoms with E-state index in [4.69, 9.17) is 16.1 Å². The van der Waals surface area contributed by atoms with Gasteiger partial charge >= 0.3 is 0 Å². The van der Waals surface area contributed by atoms with Gasteiger partial charge in [-0.3, -0.25) is 4.99 Å². The fraction of sp³-hybridized carbons (Fsp3) is 0.550. The zero-order valence-corrected chi connectivity index (χ0v) is 16.5. The fourth-order valence-electron chi connectivity index (χ4n) is 4.29. The smallest absolute Gasteiger partial charge is 0.228 e. The molecule has 2 aliphatic rings. The van der Waals surface area contributed by atoms with Crippen molar-refractivity contribution in [3.63, 3.8) is 0 Å². The van der Waals surface area contributed by atoms with Crippen molar-refractivity contribution in [2.45, 2.75) is 32.1 Å². The van der Waals surface area contributed by atoms with E-state index in [1.165, 1.54) is 25.7 Å². The van der Waals surface area contributed by atoms with Crippen molar-refractivity contribution in [2.75, 3.05) is 26.7 Å². The van der Waals surface area contributed by atoms with Crippen molar-refractivity contribution >= 4 is 17.6 Å². The van der Waals surface area contributed by atoms with Crippen LogP contribution in [0.5, 0.6) is 0 Å². The Labute approximate surface area is 165 Å². The van der Waals surface area contributed by atoms with Crippen LogP contribution in [0.1, 0.15) is 31.6 Å². The number of hydrogen-bond donors (Lipinski definition) is 1. The summed E-state index contributed by atoms with van der Waals surface area (Å²) in [4.78, 5) is 11.4. The highest BCUT2D eigenvalue weighted by Gasteiger charge is 2.35. The average molecular weight is 388 g/mol. The van der Waals surface area contributed by atoms with Crippen LogP contribution in [0.25, 0.3) is 11.4 Å². The van der Waals surface area contributed by atoms with Gasteiger partial charge in [-0.25, -0.2) is 0 Å². The molecule has 0 bridgehead atoms. The number of nitrogens with zero attached hydrogens (tertiary/aromatic N) is 4. The number of likely N-dealkylation sites (tertiary alicyclic amines) is 1. The van der Waals surface area contributed by atoms with E-state index >= 15 is 0 Å². The first-order chi connectivity index (χ1) is 13.2. The van der Waals surface area contributed by atoms with Crippen LogP contribution >= 0.6 is 11.6 Å². The minimum atomic E-state index is 0.570. The summed E-state index contributed by atoms with van der Waals surface area (Å²) >= 11 is 6.03. The first kappa shape index (κ1) is 18.3. The van der Waals surface area contributed by atoms with Gasteiger partial charge in [0.25, 0.3) is 0 Å². The first-order valence-corrected chi connectivity index (χ1v) is 10.1. The molecule has 1 saturated carbocycles. The monoisotopic (exact) mass is 387 g/mol. The number of fused-ring (bicyclic) bond motifs is 1. The molecule has 1 aliphatic heterocycles. The molecule has 1 aliphatic carbocycles. The van der Waals surface area contributed by atoms with Gasteiger partial charge in [-0.15, -0.1) is 0 Å². The standard InChI is InChI=1S/C20H26ClN5O/c1-22-20(26-12-15-5-2-3-6-16(15)13-26)23-10-9-18-24-19(25-27-18)14-7-4-8-17(21)11-14/h4,7-8,11,15-16H,2-3,5-6,9-10,12-13H2,1H3,(H,22,23). The van der Waals surface area contributed by atoms with Gasteiger partial charge in [0.15, 0.2) is 5.96 Å². The Morgan fingerprint density at radius 2 is 2.07 bits per heavy atom. The molecule has 144 valence electrons. The fourth-order valence-corrected chi connectivity index (χ4v) is 4.48. The molecule has 0 spiro atoms. The van der Waals surface area contributed by atoms with Gasteiger partial charge < -0.3 is 14.7 Å². The summed E-state index contributed by atoms with van der Waals surface area (Å²) in [5, 5.41) is 8.18. The molecular formula is C20H26ClN5O. The van der Waals surface area contributed by atoms with Crippen LogP contribution in [-0.4, -0.2) is 47.7 Å². The Bertz CT molecular complexity index is 791. The Morgan fingerprint density at radius 1 is 1.30 bits per heavy atom. The summed E-state index contributed by atoms with van der Waals surface area (Å²) < 4.78 is 5.38. The summed E-state index contributed by atoms with van der Waals surface area (Å²) in [7, 11) is 1.86. The largest absolute Gasteiger partial charge is 0.356 e. The van der Waals surface area contributed by atoms with Crippen molar-refractivity contribution in [1.29, 1.82) is 0 Å². The molecule has 1 N–H and O–H groups in total. The van der Waals surface area contributed by atoms with Crippen molar-refractivity contribution in [3.05, 3.63) is 35.2 Å². The van der Waals surface area contributed by atoms with E-state index in [9.17, 15) is 0 Å². The zero-order valence-electron chi connectivity index (χ0n) is 15.7. The molecule has 0 amide bonds. The molecule has 2 heterocycles. The maximum atomic E-state index is 6.03. The van der Waals surface area contributed by atoms with Gasteiger partial charge in [0.1, 0.15) is 0 Å². The van der Waals surface area contributed by atoms with E-state index in [-0.39, 0.29) is 0 Å². The number of aliphatic imine (C=N–C) groups is 1. The number of aromatic nitrogens is 2. The van der Waals surface area contributed by atoms with Crippen molar-refractivity contribution < 1.29 is 4.52 Å². The van der Waals surface area contributed by atoms with E-state index < -0.39 is 0 Å². The van der Waals surface area contributed by atoms with Crippen molar-refractivity contribution in [1.82, 2.24) is 20.4 Å². The minimum absolute atomic E-state index is 0.570. The van der Waals surface area contributed by atoms with Gasteiger partial charge in [0.2, 0.25) is 11.7 Å². The third-order valence-electron chi connectivity index (χ3n) is 5.66. The summed E-state index contributed by atoms with van der Waals surface area (Å²) in [5.41, 5.74) is 0.862. The van der Waals surface area contributed by atoms with Crippen LogP contribution in [0.15, 0.2) is 33.8 Å². The molecule has 2 aromatic rings. The average Bonchev–Trinajstić information content (AvgIpc) is 3.32. The van der Waals surface area contributed by atoms with Crippen LogP contribution in [0.3, 0.4) is 0 Å². The molecule has 1 saturated heterocycles. The summed E-state index contributed by atoms with van der Waals surface area (Å²) in [5.74, 6) is 3.85. The maximum absolute atomic E-state index is 6.03. The summed E-state index contributed by atoms with van der Waals surface area (Å²) in [6, 6.07) is 7.47.